The molecule has 3 rings (SSSR count). The normalized spacial score (nSPS) is 18.3. The maximum atomic E-state index is 11.0. The zero-order valence-corrected chi connectivity index (χ0v) is 16.6. The average molecular weight is 366 g/mol. The van der Waals surface area contributed by atoms with Crippen molar-refractivity contribution in [3.63, 3.8) is 0 Å². The zero-order valence-electron chi connectivity index (χ0n) is 16.6. The van der Waals surface area contributed by atoms with Gasteiger partial charge in [0.2, 0.25) is 0 Å². The molecule has 1 fully saturated rings. The minimum absolute atomic E-state index is 0.0425. The van der Waals surface area contributed by atoms with Crippen LogP contribution in [0.1, 0.15) is 46.6 Å². The topological polar surface area (TPSA) is 58.9 Å². The molecular weight excluding hydrogens is 339 g/mol. The summed E-state index contributed by atoms with van der Waals surface area (Å²) in [6.45, 7) is 9.87. The van der Waals surface area contributed by atoms with Gasteiger partial charge >= 0.3 is 7.12 Å². The maximum absolute atomic E-state index is 11.0. The van der Waals surface area contributed by atoms with E-state index in [1.807, 2.05) is 77.1 Å². The van der Waals surface area contributed by atoms with Gasteiger partial charge in [-0.15, -0.1) is 0 Å². The first-order valence-corrected chi connectivity index (χ1v) is 9.34. The molecule has 142 valence electrons. The lowest BCUT2D eigenvalue weighted by Gasteiger charge is -2.32. The van der Waals surface area contributed by atoms with Crippen molar-refractivity contribution in [1.29, 1.82) is 0 Å². The van der Waals surface area contributed by atoms with Crippen molar-refractivity contribution in [2.24, 2.45) is 0 Å². The molecule has 0 unspecified atom stereocenters. The molecule has 5 heteroatoms. The van der Waals surface area contributed by atoms with Crippen LogP contribution in [-0.2, 0) is 9.31 Å². The minimum atomic E-state index is -0.777. The van der Waals surface area contributed by atoms with Crippen LogP contribution in [0.3, 0.4) is 0 Å². The maximum Gasteiger partial charge on any atom is 0.499 e. The van der Waals surface area contributed by atoms with Crippen molar-refractivity contribution in [3.05, 3.63) is 48.0 Å². The lowest BCUT2D eigenvalue weighted by molar-refractivity contribution is 0.00578. The van der Waals surface area contributed by atoms with Crippen molar-refractivity contribution in [1.82, 2.24) is 0 Å². The van der Waals surface area contributed by atoms with Crippen LogP contribution in [0.5, 0.6) is 11.5 Å². The van der Waals surface area contributed by atoms with Gasteiger partial charge in [-0.25, -0.2) is 0 Å². The molecule has 2 aromatic rings. The number of allylic oxidation sites excluding steroid dienone is 1. The first-order chi connectivity index (χ1) is 12.7. The Bertz CT molecular complexity index is 840. The Morgan fingerprint density at radius 1 is 1.00 bits per heavy atom. The van der Waals surface area contributed by atoms with E-state index in [0.717, 1.165) is 12.0 Å². The molecule has 27 heavy (non-hydrogen) atoms. The Morgan fingerprint density at radius 2 is 1.59 bits per heavy atom. The number of phenols is 2. The van der Waals surface area contributed by atoms with Gasteiger partial charge in [-0.05, 0) is 45.7 Å². The van der Waals surface area contributed by atoms with Crippen LogP contribution in [0, 0.1) is 0 Å². The summed E-state index contributed by atoms with van der Waals surface area (Å²) in [4.78, 5) is 0. The second-order valence-electron chi connectivity index (χ2n) is 7.89. The van der Waals surface area contributed by atoms with Crippen LogP contribution in [0.25, 0.3) is 17.2 Å². The summed E-state index contributed by atoms with van der Waals surface area (Å²) in [5.41, 5.74) is 1.24. The van der Waals surface area contributed by atoms with Gasteiger partial charge in [0.05, 0.1) is 11.2 Å². The van der Waals surface area contributed by atoms with E-state index in [4.69, 9.17) is 9.31 Å². The molecule has 0 bridgehead atoms. The Hall–Kier alpha value is -2.24. The van der Waals surface area contributed by atoms with Crippen LogP contribution in [0.4, 0.5) is 0 Å². The van der Waals surface area contributed by atoms with E-state index in [1.54, 1.807) is 6.07 Å². The molecule has 2 aromatic carbocycles. The molecule has 0 aromatic heterocycles. The molecule has 4 nitrogen and oxygen atoms in total. The zero-order chi connectivity index (χ0) is 19.8. The number of aromatic hydroxyl groups is 2. The largest absolute Gasteiger partial charge is 0.508 e. The summed E-state index contributed by atoms with van der Waals surface area (Å²) in [5, 5.41) is 21.9. The fraction of sp³-hybridized carbons (Fsp3) is 0.364. The summed E-state index contributed by atoms with van der Waals surface area (Å²) in [6.07, 6.45) is 4.59. The van der Waals surface area contributed by atoms with Crippen LogP contribution in [0.2, 0.25) is 0 Å². The first kappa shape index (κ1) is 19.5. The predicted octanol–water partition coefficient (Wildman–Crippen LogP) is 4.49. The number of benzene rings is 2. The number of hydrogen-bond acceptors (Lipinski definition) is 4. The predicted molar refractivity (Wildman–Crippen MR) is 110 cm³/mol. The van der Waals surface area contributed by atoms with E-state index in [9.17, 15) is 10.2 Å². The number of phenolic OH excluding ortho intramolecular Hbond substituents is 2. The first-order valence-electron chi connectivity index (χ1n) is 9.34. The van der Waals surface area contributed by atoms with E-state index in [0.29, 0.717) is 16.6 Å². The molecule has 0 amide bonds. The Labute approximate surface area is 161 Å². The molecular formula is C22H27BO4. The highest BCUT2D eigenvalue weighted by Crippen LogP contribution is 2.41. The number of rotatable bonds is 4. The summed E-state index contributed by atoms with van der Waals surface area (Å²) >= 11 is 0. The molecule has 0 radical (unpaired) electrons. The molecule has 0 saturated carbocycles. The molecule has 0 spiro atoms. The Balaban J connectivity index is 2.22. The summed E-state index contributed by atoms with van der Waals surface area (Å²) < 4.78 is 12.3. The van der Waals surface area contributed by atoms with Gasteiger partial charge in [0, 0.05) is 16.6 Å². The van der Waals surface area contributed by atoms with Gasteiger partial charge in [0.15, 0.2) is 0 Å². The molecule has 0 aliphatic carbocycles. The van der Waals surface area contributed by atoms with Crippen LogP contribution >= 0.6 is 0 Å². The monoisotopic (exact) mass is 366 g/mol. The van der Waals surface area contributed by atoms with E-state index >= 15 is 0 Å². The minimum Gasteiger partial charge on any atom is -0.508 e. The highest BCUT2D eigenvalue weighted by molar-refractivity contribution is 6.65. The van der Waals surface area contributed by atoms with Crippen molar-refractivity contribution < 1.29 is 19.5 Å². The van der Waals surface area contributed by atoms with Crippen molar-refractivity contribution in [2.75, 3.05) is 0 Å². The van der Waals surface area contributed by atoms with Crippen LogP contribution < -0.4 is 5.46 Å². The van der Waals surface area contributed by atoms with E-state index in [1.165, 1.54) is 0 Å². The Kier molecular flexibility index (Phi) is 5.11. The average Bonchev–Trinajstić information content (AvgIpc) is 2.83. The van der Waals surface area contributed by atoms with Crippen molar-refractivity contribution >= 4 is 18.7 Å². The van der Waals surface area contributed by atoms with E-state index in [-0.39, 0.29) is 11.5 Å². The Morgan fingerprint density at radius 3 is 2.15 bits per heavy atom. The molecule has 1 aliphatic rings. The number of hydrogen-bond donors (Lipinski definition) is 2. The third-order valence-electron chi connectivity index (χ3n) is 5.43. The standard InChI is InChI=1S/C22H27BO4/c1-6-7-11-16-14-17(24)19(23-26-21(2,3)22(4,5)27-23)18(20(16)25)15-12-9-8-10-13-15/h7-14,24-25H,6H2,1-5H3/b11-7+. The van der Waals surface area contributed by atoms with E-state index in [2.05, 4.69) is 0 Å². The smallest absolute Gasteiger partial charge is 0.499 e. The second kappa shape index (κ2) is 7.06. The van der Waals surface area contributed by atoms with Gasteiger partial charge < -0.3 is 19.5 Å². The van der Waals surface area contributed by atoms with Gasteiger partial charge in [-0.2, -0.15) is 0 Å². The van der Waals surface area contributed by atoms with Crippen LogP contribution in [-0.4, -0.2) is 28.5 Å². The van der Waals surface area contributed by atoms with Crippen molar-refractivity contribution in [2.45, 2.75) is 52.2 Å². The highest BCUT2D eigenvalue weighted by Gasteiger charge is 2.53. The molecule has 1 saturated heterocycles. The fourth-order valence-electron chi connectivity index (χ4n) is 3.16. The highest BCUT2D eigenvalue weighted by atomic mass is 16.7. The van der Waals surface area contributed by atoms with Crippen LogP contribution in [0.15, 0.2) is 42.5 Å². The second-order valence-corrected chi connectivity index (χ2v) is 7.89. The lowest BCUT2D eigenvalue weighted by atomic mass is 9.72. The lowest BCUT2D eigenvalue weighted by Crippen LogP contribution is -2.41. The molecule has 1 heterocycles. The van der Waals surface area contributed by atoms with Gasteiger partial charge in [0.25, 0.3) is 0 Å². The van der Waals surface area contributed by atoms with E-state index < -0.39 is 18.3 Å². The van der Waals surface area contributed by atoms with Crippen molar-refractivity contribution in [3.8, 4) is 22.6 Å². The molecule has 2 N–H and O–H groups in total. The molecule has 0 atom stereocenters. The SMILES string of the molecule is CC/C=C/c1cc(O)c(B2OC(C)(C)C(C)(C)O2)c(-c2ccccc2)c1O. The summed E-state index contributed by atoms with van der Waals surface area (Å²) in [5.74, 6) is 0.148. The third kappa shape index (κ3) is 3.49. The van der Waals surface area contributed by atoms with Gasteiger partial charge in [-0.1, -0.05) is 49.4 Å². The quantitative estimate of drug-likeness (QED) is 0.619. The van der Waals surface area contributed by atoms with Gasteiger partial charge in [-0.3, -0.25) is 0 Å². The third-order valence-corrected chi connectivity index (χ3v) is 5.43. The van der Waals surface area contributed by atoms with Gasteiger partial charge in [0.1, 0.15) is 11.5 Å². The summed E-state index contributed by atoms with van der Waals surface area (Å²) in [6, 6.07) is 11.1. The molecule has 1 aliphatic heterocycles. The summed E-state index contributed by atoms with van der Waals surface area (Å²) in [7, 11) is -0.777. The fourth-order valence-corrected chi connectivity index (χ4v) is 3.16.